The Morgan fingerprint density at radius 3 is 2.97 bits per heavy atom. The first kappa shape index (κ1) is 18.9. The molecule has 0 spiro atoms. The number of nitrogens with one attached hydrogen (secondary N) is 1. The molecule has 3 heterocycles. The molecule has 1 aromatic carbocycles. The first-order chi connectivity index (χ1) is 14.3. The molecule has 1 aliphatic carbocycles. The van der Waals surface area contributed by atoms with Crippen LogP contribution < -0.4 is 5.32 Å². The number of allylic oxidation sites excluding steroid dienone is 5. The molecule has 3 nitrogen and oxygen atoms in total. The van der Waals surface area contributed by atoms with E-state index in [0.29, 0.717) is 5.92 Å². The third kappa shape index (κ3) is 3.99. The molecule has 5 rings (SSSR count). The fourth-order valence-electron chi connectivity index (χ4n) is 4.91. The van der Waals surface area contributed by atoms with E-state index in [1.165, 1.54) is 53.8 Å². The Labute approximate surface area is 178 Å². The summed E-state index contributed by atoms with van der Waals surface area (Å²) in [7, 11) is 0. The Hall–Kier alpha value is -2.10. The van der Waals surface area contributed by atoms with Crippen LogP contribution in [0.5, 0.6) is 0 Å². The average molecular weight is 406 g/mol. The number of nitrogens with zero attached hydrogens (tertiary/aromatic N) is 2. The zero-order valence-corrected chi connectivity index (χ0v) is 17.6. The van der Waals surface area contributed by atoms with Crippen LogP contribution in [0.1, 0.15) is 43.6 Å². The lowest BCUT2D eigenvalue weighted by Crippen LogP contribution is -2.30. The number of anilines is 1. The van der Waals surface area contributed by atoms with Gasteiger partial charge in [-0.25, -0.2) is 0 Å². The average Bonchev–Trinajstić information content (AvgIpc) is 3.35. The molecule has 1 N–H and O–H groups in total. The van der Waals surface area contributed by atoms with E-state index in [9.17, 15) is 0 Å². The highest BCUT2D eigenvalue weighted by Gasteiger charge is 2.25. The molecule has 4 heteroatoms. The Morgan fingerprint density at radius 2 is 2.07 bits per heavy atom. The molecule has 3 aliphatic heterocycles. The molecule has 0 saturated carbocycles. The lowest BCUT2D eigenvalue weighted by molar-refractivity contribution is 0.286. The smallest absolute Gasteiger partial charge is 0.0535 e. The molecule has 0 radical (unpaired) electrons. The Kier molecular flexibility index (Phi) is 5.43. The number of hydrogen-bond donors (Lipinski definition) is 1. The van der Waals surface area contributed by atoms with Crippen LogP contribution in [0.25, 0.3) is 0 Å². The summed E-state index contributed by atoms with van der Waals surface area (Å²) in [6.45, 7) is 4.51. The summed E-state index contributed by atoms with van der Waals surface area (Å²) in [6, 6.07) is 8.78. The minimum Gasteiger partial charge on any atom is -0.384 e. The molecular formula is C25H28ClN3. The summed E-state index contributed by atoms with van der Waals surface area (Å²) in [5.74, 6) is 0.689. The molecule has 29 heavy (non-hydrogen) atoms. The van der Waals surface area contributed by atoms with E-state index in [-0.39, 0.29) is 0 Å². The summed E-state index contributed by atoms with van der Waals surface area (Å²) >= 11 is 6.15. The highest BCUT2D eigenvalue weighted by atomic mass is 35.5. The van der Waals surface area contributed by atoms with Gasteiger partial charge in [-0.1, -0.05) is 48.4 Å². The Balaban J connectivity index is 1.08. The van der Waals surface area contributed by atoms with Gasteiger partial charge in [-0.2, -0.15) is 0 Å². The van der Waals surface area contributed by atoms with Gasteiger partial charge in [0.15, 0.2) is 0 Å². The molecule has 0 saturated heterocycles. The molecule has 4 aliphatic rings. The van der Waals surface area contributed by atoms with Crippen molar-refractivity contribution >= 4 is 23.0 Å². The van der Waals surface area contributed by atoms with Gasteiger partial charge in [0.1, 0.15) is 0 Å². The Bertz CT molecular complexity index is 951. The quantitative estimate of drug-likeness (QED) is 0.606. The van der Waals surface area contributed by atoms with Gasteiger partial charge in [-0.15, -0.1) is 0 Å². The van der Waals surface area contributed by atoms with Gasteiger partial charge in [0.2, 0.25) is 0 Å². The number of aliphatic imine (C=N–C) groups is 1. The van der Waals surface area contributed by atoms with E-state index in [2.05, 4.69) is 51.6 Å². The maximum absolute atomic E-state index is 6.15. The van der Waals surface area contributed by atoms with E-state index in [0.717, 1.165) is 43.2 Å². The zero-order chi connectivity index (χ0) is 19.6. The van der Waals surface area contributed by atoms with Crippen LogP contribution in [-0.2, 0) is 0 Å². The summed E-state index contributed by atoms with van der Waals surface area (Å²) in [4.78, 5) is 7.19. The van der Waals surface area contributed by atoms with Crippen LogP contribution in [0.2, 0.25) is 0 Å². The Morgan fingerprint density at radius 1 is 1.14 bits per heavy atom. The van der Waals surface area contributed by atoms with Crippen LogP contribution in [-0.4, -0.2) is 36.8 Å². The SMILES string of the molecule is ClC1=CC=C2C(C3=CCN(CCCCC4CNc5ccccc54)CC3)=CN=C2C1. The second-order valence-corrected chi connectivity index (χ2v) is 8.92. The zero-order valence-electron chi connectivity index (χ0n) is 16.8. The first-order valence-corrected chi connectivity index (χ1v) is 11.2. The number of fused-ring (bicyclic) bond motifs is 2. The number of para-hydroxylation sites is 1. The maximum Gasteiger partial charge on any atom is 0.0535 e. The molecule has 0 bridgehead atoms. The normalized spacial score (nSPS) is 23.3. The molecule has 150 valence electrons. The van der Waals surface area contributed by atoms with Crippen molar-refractivity contribution in [2.24, 2.45) is 4.99 Å². The summed E-state index contributed by atoms with van der Waals surface area (Å²) in [5, 5.41) is 4.42. The highest BCUT2D eigenvalue weighted by molar-refractivity contribution is 6.32. The van der Waals surface area contributed by atoms with Crippen molar-refractivity contribution in [1.29, 1.82) is 0 Å². The minimum atomic E-state index is 0.689. The molecule has 1 atom stereocenters. The number of hydrogen-bond acceptors (Lipinski definition) is 3. The van der Waals surface area contributed by atoms with Crippen LogP contribution in [0.4, 0.5) is 5.69 Å². The predicted molar refractivity (Wildman–Crippen MR) is 123 cm³/mol. The molecule has 0 amide bonds. The summed E-state index contributed by atoms with van der Waals surface area (Å²) < 4.78 is 0. The highest BCUT2D eigenvalue weighted by Crippen LogP contribution is 2.36. The second-order valence-electron chi connectivity index (χ2n) is 8.43. The minimum absolute atomic E-state index is 0.689. The monoisotopic (exact) mass is 405 g/mol. The standard InChI is InChI=1S/C25H28ClN3/c26-20-8-9-22-23(17-28-25(22)15-20)18-10-13-29(14-11-18)12-4-3-5-19-16-27-24-7-2-1-6-21(19)24/h1-2,6-10,17,19,27H,3-5,11-16H2. The van der Waals surface area contributed by atoms with Crippen molar-refractivity contribution in [2.75, 3.05) is 31.5 Å². The summed E-state index contributed by atoms with van der Waals surface area (Å²) in [6.07, 6.45) is 14.4. The molecule has 0 aromatic heterocycles. The van der Waals surface area contributed by atoms with E-state index >= 15 is 0 Å². The lowest BCUT2D eigenvalue weighted by atomic mass is 9.90. The molecule has 1 aromatic rings. The van der Waals surface area contributed by atoms with Crippen LogP contribution in [0.3, 0.4) is 0 Å². The van der Waals surface area contributed by atoms with E-state index in [1.54, 1.807) is 0 Å². The summed E-state index contributed by atoms with van der Waals surface area (Å²) in [5.41, 5.74) is 8.01. The number of unbranched alkanes of at least 4 members (excludes halogenated alkanes) is 1. The van der Waals surface area contributed by atoms with Gasteiger partial charge >= 0.3 is 0 Å². The predicted octanol–water partition coefficient (Wildman–Crippen LogP) is 5.79. The van der Waals surface area contributed by atoms with Gasteiger partial charge in [0, 0.05) is 60.0 Å². The van der Waals surface area contributed by atoms with Crippen LogP contribution in [0, 0.1) is 0 Å². The fourth-order valence-corrected chi connectivity index (χ4v) is 5.10. The van der Waals surface area contributed by atoms with Gasteiger partial charge in [-0.3, -0.25) is 9.89 Å². The molecule has 0 fully saturated rings. The van der Waals surface area contributed by atoms with Crippen molar-refractivity contribution in [1.82, 2.24) is 4.90 Å². The van der Waals surface area contributed by atoms with Crippen molar-refractivity contribution in [2.45, 2.75) is 38.0 Å². The van der Waals surface area contributed by atoms with Crippen molar-refractivity contribution in [3.8, 4) is 0 Å². The second kappa shape index (κ2) is 8.33. The molecule has 1 unspecified atom stereocenters. The van der Waals surface area contributed by atoms with Gasteiger partial charge in [0.05, 0.1) is 5.71 Å². The van der Waals surface area contributed by atoms with Crippen LogP contribution in [0.15, 0.2) is 75.4 Å². The van der Waals surface area contributed by atoms with Crippen LogP contribution >= 0.6 is 11.6 Å². The number of rotatable bonds is 6. The maximum atomic E-state index is 6.15. The van der Waals surface area contributed by atoms with E-state index < -0.39 is 0 Å². The number of halogens is 1. The third-order valence-corrected chi connectivity index (χ3v) is 6.83. The fraction of sp³-hybridized carbons (Fsp3) is 0.400. The van der Waals surface area contributed by atoms with Gasteiger partial charge in [-0.05, 0) is 49.1 Å². The van der Waals surface area contributed by atoms with E-state index in [4.69, 9.17) is 11.6 Å². The van der Waals surface area contributed by atoms with Crippen molar-refractivity contribution < 1.29 is 0 Å². The van der Waals surface area contributed by atoms with Gasteiger partial charge < -0.3 is 5.32 Å². The van der Waals surface area contributed by atoms with Crippen molar-refractivity contribution in [3.05, 3.63) is 76.0 Å². The lowest BCUT2D eigenvalue weighted by Gasteiger charge is -2.27. The van der Waals surface area contributed by atoms with Crippen molar-refractivity contribution in [3.63, 3.8) is 0 Å². The first-order valence-electron chi connectivity index (χ1n) is 10.9. The van der Waals surface area contributed by atoms with E-state index in [1.807, 2.05) is 12.3 Å². The number of benzene rings is 1. The largest absolute Gasteiger partial charge is 0.384 e. The topological polar surface area (TPSA) is 27.6 Å². The molecular weight excluding hydrogens is 378 g/mol. The third-order valence-electron chi connectivity index (χ3n) is 6.57. The van der Waals surface area contributed by atoms with Gasteiger partial charge in [0.25, 0.3) is 0 Å².